The Morgan fingerprint density at radius 2 is 1.86 bits per heavy atom. The number of fused-ring (bicyclic) bond motifs is 3. The van der Waals surface area contributed by atoms with Gasteiger partial charge in [0.2, 0.25) is 0 Å². The second kappa shape index (κ2) is 6.84. The van der Waals surface area contributed by atoms with E-state index in [1.54, 1.807) is 0 Å². The second-order valence-corrected chi connectivity index (χ2v) is 11.2. The van der Waals surface area contributed by atoms with Crippen LogP contribution in [0, 0.1) is 24.7 Å². The molecule has 1 aromatic heterocycles. The van der Waals surface area contributed by atoms with Crippen molar-refractivity contribution in [2.45, 2.75) is 39.2 Å². The molecule has 2 nitrogen and oxygen atoms in total. The van der Waals surface area contributed by atoms with Crippen LogP contribution >= 0.6 is 10.5 Å². The zero-order chi connectivity index (χ0) is 20.2. The smallest absolute Gasteiger partial charge is 0.338 e. The molecule has 0 amide bonds. The summed E-state index contributed by atoms with van der Waals surface area (Å²) in [5, 5.41) is 1.28. The number of ether oxygens (including phenoxy) is 1. The molecule has 2 aromatic carbocycles. The van der Waals surface area contributed by atoms with Gasteiger partial charge in [0.15, 0.2) is 14.5 Å². The molecule has 4 atom stereocenters. The maximum absolute atomic E-state index is 13.1. The first-order chi connectivity index (χ1) is 13.9. The summed E-state index contributed by atoms with van der Waals surface area (Å²) in [6.45, 7) is 6.34. The second-order valence-electron chi connectivity index (χ2n) is 9.01. The molecular formula is C26H27O2S+. The molecule has 5 rings (SSSR count). The molecule has 0 saturated heterocycles. The quantitative estimate of drug-likeness (QED) is 0.265. The third kappa shape index (κ3) is 3.22. The fraction of sp³-hybridized carbons (Fsp3) is 0.346. The van der Waals surface area contributed by atoms with Crippen LogP contribution in [-0.4, -0.2) is 11.6 Å². The molecule has 1 fully saturated rings. The van der Waals surface area contributed by atoms with Gasteiger partial charge < -0.3 is 4.74 Å². The number of rotatable bonds is 4. The fourth-order valence-corrected chi connectivity index (χ4v) is 7.51. The van der Waals surface area contributed by atoms with E-state index in [1.807, 2.05) is 18.2 Å². The molecule has 0 N–H and O–H groups in total. The molecule has 1 heterocycles. The third-order valence-electron chi connectivity index (χ3n) is 6.65. The standard InChI is InChI=1S/C26H27O2S/c1-17-13-20-7-4-5-10-24(20)29(17)22-9-6-8-21(16-22)25(27)28-26(2,3)23-15-18-11-12-19(23)14-18/h4-13,16,18-19,23H,14-15H2,1-3H3/q+1. The summed E-state index contributed by atoms with van der Waals surface area (Å²) in [6.07, 6.45) is 7.00. The molecule has 29 heavy (non-hydrogen) atoms. The minimum atomic E-state index is -0.449. The summed E-state index contributed by atoms with van der Waals surface area (Å²) >= 11 is 0. The van der Waals surface area contributed by atoms with Gasteiger partial charge in [-0.05, 0) is 62.8 Å². The molecule has 148 valence electrons. The van der Waals surface area contributed by atoms with E-state index in [0.29, 0.717) is 23.3 Å². The van der Waals surface area contributed by atoms with E-state index in [0.717, 1.165) is 6.42 Å². The third-order valence-corrected chi connectivity index (χ3v) is 8.95. The van der Waals surface area contributed by atoms with Crippen LogP contribution < -0.4 is 0 Å². The van der Waals surface area contributed by atoms with Crippen molar-refractivity contribution >= 4 is 26.5 Å². The van der Waals surface area contributed by atoms with Gasteiger partial charge in [0.25, 0.3) is 0 Å². The van der Waals surface area contributed by atoms with Gasteiger partial charge >= 0.3 is 5.97 Å². The monoisotopic (exact) mass is 403 g/mol. The predicted molar refractivity (Wildman–Crippen MR) is 121 cm³/mol. The van der Waals surface area contributed by atoms with Gasteiger partial charge in [-0.15, -0.1) is 0 Å². The fourth-order valence-electron chi connectivity index (χ4n) is 5.25. The topological polar surface area (TPSA) is 26.3 Å². The van der Waals surface area contributed by atoms with Crippen molar-refractivity contribution in [1.29, 1.82) is 0 Å². The van der Waals surface area contributed by atoms with E-state index >= 15 is 0 Å². The maximum Gasteiger partial charge on any atom is 0.338 e. The number of allylic oxidation sites excluding steroid dienone is 2. The van der Waals surface area contributed by atoms with Gasteiger partial charge in [0.05, 0.1) is 5.56 Å². The van der Waals surface area contributed by atoms with Crippen LogP contribution in [0.4, 0.5) is 0 Å². The highest BCUT2D eigenvalue weighted by atomic mass is 32.2. The molecule has 3 aromatic rings. The van der Waals surface area contributed by atoms with Crippen LogP contribution in [-0.2, 0) is 4.74 Å². The Morgan fingerprint density at radius 1 is 1.03 bits per heavy atom. The van der Waals surface area contributed by atoms with Gasteiger partial charge in [-0.1, -0.05) is 30.4 Å². The minimum Gasteiger partial charge on any atom is -0.456 e. The first-order valence-electron chi connectivity index (χ1n) is 10.5. The summed E-state index contributed by atoms with van der Waals surface area (Å²) in [5.74, 6) is 1.43. The normalized spacial score (nSPS) is 23.7. The van der Waals surface area contributed by atoms with Gasteiger partial charge in [-0.3, -0.25) is 0 Å². The zero-order valence-corrected chi connectivity index (χ0v) is 18.0. The Labute approximate surface area is 175 Å². The van der Waals surface area contributed by atoms with Gasteiger partial charge in [0.1, 0.15) is 5.60 Å². The van der Waals surface area contributed by atoms with Crippen LogP contribution in [0.2, 0.25) is 0 Å². The molecule has 4 unspecified atom stereocenters. The number of hydrogen-bond donors (Lipinski definition) is 0. The largest absolute Gasteiger partial charge is 0.456 e. The molecule has 0 spiro atoms. The number of esters is 1. The Morgan fingerprint density at radius 3 is 2.62 bits per heavy atom. The number of carbonyl (C=O) groups excluding carboxylic acids is 1. The highest BCUT2D eigenvalue weighted by Gasteiger charge is 2.46. The summed E-state index contributed by atoms with van der Waals surface area (Å²) < 4.78 is 7.43. The number of benzene rings is 2. The van der Waals surface area contributed by atoms with Crippen LogP contribution in [0.15, 0.2) is 66.7 Å². The van der Waals surface area contributed by atoms with Crippen molar-refractivity contribution in [2.75, 3.05) is 0 Å². The van der Waals surface area contributed by atoms with Crippen molar-refractivity contribution in [3.05, 3.63) is 77.2 Å². The van der Waals surface area contributed by atoms with E-state index in [-0.39, 0.29) is 16.4 Å². The van der Waals surface area contributed by atoms with Gasteiger partial charge in [-0.2, -0.15) is 0 Å². The first kappa shape index (κ1) is 18.6. The summed E-state index contributed by atoms with van der Waals surface area (Å²) in [5.41, 5.74) is 0.203. The SMILES string of the molecule is Cc1cc2ccccc2[s+]1-c1cccc(C(=O)OC(C)(C)C2CC3C=CC2C3)c1. The van der Waals surface area contributed by atoms with Crippen molar-refractivity contribution < 1.29 is 9.53 Å². The van der Waals surface area contributed by atoms with Crippen LogP contribution in [0.1, 0.15) is 41.9 Å². The lowest BCUT2D eigenvalue weighted by atomic mass is 9.80. The van der Waals surface area contributed by atoms with Crippen molar-refractivity contribution in [3.8, 4) is 4.90 Å². The number of hydrogen-bond acceptors (Lipinski definition) is 2. The van der Waals surface area contributed by atoms with Crippen LogP contribution in [0.5, 0.6) is 0 Å². The highest BCUT2D eigenvalue weighted by Crippen LogP contribution is 2.49. The van der Waals surface area contributed by atoms with E-state index in [1.165, 1.54) is 26.3 Å². The van der Waals surface area contributed by atoms with E-state index in [9.17, 15) is 4.79 Å². The highest BCUT2D eigenvalue weighted by molar-refractivity contribution is 7.45. The van der Waals surface area contributed by atoms with E-state index in [4.69, 9.17) is 4.74 Å². The summed E-state index contributed by atoms with van der Waals surface area (Å²) in [7, 11) is -0.119. The van der Waals surface area contributed by atoms with Crippen molar-refractivity contribution in [1.82, 2.24) is 0 Å². The van der Waals surface area contributed by atoms with E-state index < -0.39 is 5.60 Å². The molecule has 0 aliphatic heterocycles. The lowest BCUT2D eigenvalue weighted by molar-refractivity contribution is -0.0360. The summed E-state index contributed by atoms with van der Waals surface area (Å²) in [4.78, 5) is 15.6. The molecule has 0 radical (unpaired) electrons. The number of carbonyl (C=O) groups is 1. The molecular weight excluding hydrogens is 376 g/mol. The van der Waals surface area contributed by atoms with Crippen molar-refractivity contribution in [2.24, 2.45) is 17.8 Å². The zero-order valence-electron chi connectivity index (χ0n) is 17.2. The Bertz CT molecular complexity index is 1120. The molecule has 1 saturated carbocycles. The minimum absolute atomic E-state index is 0.119. The van der Waals surface area contributed by atoms with E-state index in [2.05, 4.69) is 69.3 Å². The molecule has 3 heteroatoms. The molecule has 2 bridgehead atoms. The molecule has 2 aliphatic carbocycles. The first-order valence-corrected chi connectivity index (χ1v) is 11.7. The maximum atomic E-state index is 13.1. The van der Waals surface area contributed by atoms with Crippen molar-refractivity contribution in [3.63, 3.8) is 0 Å². The lowest BCUT2D eigenvalue weighted by Gasteiger charge is -2.35. The predicted octanol–water partition coefficient (Wildman–Crippen LogP) is 7.03. The Kier molecular flexibility index (Phi) is 4.40. The van der Waals surface area contributed by atoms with Gasteiger partial charge in [-0.25, -0.2) is 4.79 Å². The Balaban J connectivity index is 1.43. The Hall–Kier alpha value is -2.39. The molecule has 2 aliphatic rings. The number of thiophene rings is 1. The number of aryl methyl sites for hydroxylation is 1. The average Bonchev–Trinajstić information content (AvgIpc) is 3.41. The van der Waals surface area contributed by atoms with Crippen LogP contribution in [0.25, 0.3) is 15.0 Å². The average molecular weight is 404 g/mol. The summed E-state index contributed by atoms with van der Waals surface area (Å²) in [6, 6.07) is 18.8. The van der Waals surface area contributed by atoms with Gasteiger partial charge in [0, 0.05) is 40.8 Å². The lowest BCUT2D eigenvalue weighted by Crippen LogP contribution is -2.38. The van der Waals surface area contributed by atoms with Crippen LogP contribution in [0.3, 0.4) is 0 Å².